The molecule has 3 rings (SSSR count). The number of benzene rings is 2. The van der Waals surface area contributed by atoms with Gasteiger partial charge in [-0.3, -0.25) is 9.46 Å². The summed E-state index contributed by atoms with van der Waals surface area (Å²) in [5, 5.41) is 10.6. The Morgan fingerprint density at radius 2 is 1.82 bits per heavy atom. The first-order chi connectivity index (χ1) is 18.4. The average molecular weight is 545 g/mol. The Bertz CT molecular complexity index is 1230. The maximum absolute atomic E-state index is 12.7. The number of esters is 1. The van der Waals surface area contributed by atoms with Gasteiger partial charge in [0, 0.05) is 42.8 Å². The van der Waals surface area contributed by atoms with Crippen molar-refractivity contribution in [1.29, 1.82) is 0 Å². The van der Waals surface area contributed by atoms with Crippen molar-refractivity contribution in [3.05, 3.63) is 71.4 Å². The number of carbonyl (C=O) groups is 1. The minimum absolute atomic E-state index is 0.0611. The molecule has 10 heteroatoms. The summed E-state index contributed by atoms with van der Waals surface area (Å²) >= 11 is 0. The Balaban J connectivity index is 1.64. The number of aliphatic hydroxyl groups excluding tert-OH is 1. The topological polar surface area (TPSA) is 110 Å². The molecule has 0 saturated heterocycles. The summed E-state index contributed by atoms with van der Waals surface area (Å²) in [7, 11) is -1.96. The van der Waals surface area contributed by atoms with E-state index < -0.39 is 13.6 Å². The zero-order valence-corrected chi connectivity index (χ0v) is 23.1. The summed E-state index contributed by atoms with van der Waals surface area (Å²) in [5.41, 5.74) is 4.11. The van der Waals surface area contributed by atoms with E-state index in [1.807, 2.05) is 48.7 Å². The molecule has 0 aliphatic carbocycles. The minimum Gasteiger partial charge on any atom is -0.481 e. The van der Waals surface area contributed by atoms with Crippen molar-refractivity contribution < 1.29 is 33.0 Å². The van der Waals surface area contributed by atoms with Gasteiger partial charge in [-0.05, 0) is 61.2 Å². The van der Waals surface area contributed by atoms with Crippen molar-refractivity contribution >= 4 is 30.5 Å². The van der Waals surface area contributed by atoms with Crippen LogP contribution < -0.4 is 4.74 Å². The average Bonchev–Trinajstić information content (AvgIpc) is 3.32. The van der Waals surface area contributed by atoms with Crippen LogP contribution in [0.1, 0.15) is 30.5 Å². The molecule has 9 nitrogen and oxygen atoms in total. The number of rotatable bonds is 16. The number of aromatic amines is 1. The molecule has 38 heavy (non-hydrogen) atoms. The lowest BCUT2D eigenvalue weighted by molar-refractivity contribution is -0.134. The van der Waals surface area contributed by atoms with E-state index in [1.165, 1.54) is 13.2 Å². The van der Waals surface area contributed by atoms with Crippen molar-refractivity contribution in [3.63, 3.8) is 0 Å². The summed E-state index contributed by atoms with van der Waals surface area (Å²) in [6, 6.07) is 13.6. The van der Waals surface area contributed by atoms with E-state index in [2.05, 4.69) is 14.6 Å². The van der Waals surface area contributed by atoms with E-state index >= 15 is 0 Å². The van der Waals surface area contributed by atoms with E-state index in [-0.39, 0.29) is 26.2 Å². The van der Waals surface area contributed by atoms with E-state index in [0.717, 1.165) is 40.6 Å². The van der Waals surface area contributed by atoms with Gasteiger partial charge in [0.2, 0.25) is 0 Å². The molecule has 0 spiro atoms. The highest BCUT2D eigenvalue weighted by atomic mass is 31.2. The Morgan fingerprint density at radius 3 is 2.47 bits per heavy atom. The maximum atomic E-state index is 12.7. The van der Waals surface area contributed by atoms with Crippen LogP contribution in [0.4, 0.5) is 0 Å². The number of nitrogens with zero attached hydrogens (tertiary/aromatic N) is 1. The van der Waals surface area contributed by atoms with Gasteiger partial charge in [-0.2, -0.15) is 0 Å². The van der Waals surface area contributed by atoms with Crippen LogP contribution in [0.3, 0.4) is 0 Å². The van der Waals surface area contributed by atoms with Crippen molar-refractivity contribution in [2.24, 2.45) is 0 Å². The second-order valence-electron chi connectivity index (χ2n) is 8.59. The molecule has 0 atom stereocenters. The van der Waals surface area contributed by atoms with Gasteiger partial charge in [0.05, 0.1) is 26.9 Å². The second-order valence-corrected chi connectivity index (χ2v) is 10.6. The first kappa shape index (κ1) is 29.6. The van der Waals surface area contributed by atoms with Gasteiger partial charge < -0.3 is 28.6 Å². The van der Waals surface area contributed by atoms with E-state index in [1.54, 1.807) is 19.9 Å². The molecule has 2 aromatic carbocycles. The summed E-state index contributed by atoms with van der Waals surface area (Å²) in [5.74, 6) is 0.196. The summed E-state index contributed by atoms with van der Waals surface area (Å²) in [4.78, 5) is 16.8. The third-order valence-electron chi connectivity index (χ3n) is 5.89. The maximum Gasteiger partial charge on any atom is 0.367 e. The van der Waals surface area contributed by atoms with Crippen molar-refractivity contribution in [2.75, 3.05) is 46.4 Å². The largest absolute Gasteiger partial charge is 0.481 e. The number of aromatic nitrogens is 1. The third-order valence-corrected chi connectivity index (χ3v) is 7.64. The molecular formula is C28H37N2O7P. The Hall–Kier alpha value is -2.94. The fourth-order valence-electron chi connectivity index (χ4n) is 4.03. The van der Waals surface area contributed by atoms with Gasteiger partial charge in [-0.1, -0.05) is 24.3 Å². The SMILES string of the molecule is CCOP(=O)(COc1ccc2[nH]cc(CCN(CCO)Cc3ccc(/C=C/C(=O)OC)cc3)c2c1)OCC. The highest BCUT2D eigenvalue weighted by Gasteiger charge is 2.24. The highest BCUT2D eigenvalue weighted by molar-refractivity contribution is 7.53. The molecule has 0 aliphatic rings. The molecule has 0 aliphatic heterocycles. The van der Waals surface area contributed by atoms with E-state index in [9.17, 15) is 14.5 Å². The Kier molecular flexibility index (Phi) is 11.6. The molecule has 3 aromatic rings. The number of nitrogens with one attached hydrogen (secondary N) is 1. The fraction of sp³-hybridized carbons (Fsp3) is 0.393. The zero-order valence-electron chi connectivity index (χ0n) is 22.2. The molecule has 206 valence electrons. The standard InChI is InChI=1S/C28H37N2O7P/c1-4-36-38(33,37-5-2)21-35-25-11-12-27-26(18-25)24(19-29-27)14-15-30(16-17-31)20-23-8-6-22(7-9-23)10-13-28(32)34-3/h6-13,18-19,29,31H,4-5,14-17,20-21H2,1-3H3/b13-10+. The normalized spacial score (nSPS) is 12.0. The van der Waals surface area contributed by atoms with E-state index in [0.29, 0.717) is 18.8 Å². The molecule has 0 amide bonds. The number of ether oxygens (including phenoxy) is 2. The monoisotopic (exact) mass is 544 g/mol. The number of H-pyrrole nitrogens is 1. The van der Waals surface area contributed by atoms with Crippen molar-refractivity contribution in [1.82, 2.24) is 9.88 Å². The van der Waals surface area contributed by atoms with Crippen LogP contribution in [0.2, 0.25) is 0 Å². The summed E-state index contributed by atoms with van der Waals surface area (Å²) in [6.07, 6.45) is 5.70. The first-order valence-corrected chi connectivity index (χ1v) is 14.4. The molecule has 0 bridgehead atoms. The minimum atomic E-state index is -3.31. The van der Waals surface area contributed by atoms with Crippen LogP contribution in [-0.4, -0.2) is 67.3 Å². The van der Waals surface area contributed by atoms with Gasteiger partial charge in [0.25, 0.3) is 0 Å². The van der Waals surface area contributed by atoms with Crippen molar-refractivity contribution in [2.45, 2.75) is 26.8 Å². The smallest absolute Gasteiger partial charge is 0.367 e. The zero-order chi connectivity index (χ0) is 27.4. The van der Waals surface area contributed by atoms with Crippen LogP contribution in [0.25, 0.3) is 17.0 Å². The highest BCUT2D eigenvalue weighted by Crippen LogP contribution is 2.48. The molecule has 0 unspecified atom stereocenters. The Morgan fingerprint density at radius 1 is 1.08 bits per heavy atom. The van der Waals surface area contributed by atoms with Gasteiger partial charge in [0.1, 0.15) is 5.75 Å². The number of fused-ring (bicyclic) bond motifs is 1. The molecule has 1 heterocycles. The van der Waals surface area contributed by atoms with Crippen molar-refractivity contribution in [3.8, 4) is 5.75 Å². The lowest BCUT2D eigenvalue weighted by atomic mass is 10.1. The lowest BCUT2D eigenvalue weighted by Crippen LogP contribution is -2.28. The van der Waals surface area contributed by atoms with Crippen LogP contribution in [0.15, 0.2) is 54.7 Å². The first-order valence-electron chi connectivity index (χ1n) is 12.7. The molecule has 2 N–H and O–H groups in total. The van der Waals surface area contributed by atoms with Crippen LogP contribution in [0.5, 0.6) is 5.75 Å². The molecular weight excluding hydrogens is 507 g/mol. The van der Waals surface area contributed by atoms with Crippen LogP contribution in [0, 0.1) is 0 Å². The quantitative estimate of drug-likeness (QED) is 0.147. The van der Waals surface area contributed by atoms with Crippen LogP contribution >= 0.6 is 7.60 Å². The molecule has 0 radical (unpaired) electrons. The third kappa shape index (κ3) is 8.82. The number of methoxy groups -OCH3 is 1. The molecule has 0 saturated carbocycles. The summed E-state index contributed by atoms with van der Waals surface area (Å²) in [6.45, 7) is 6.13. The van der Waals surface area contributed by atoms with E-state index in [4.69, 9.17) is 13.8 Å². The number of carbonyl (C=O) groups excluding carboxylic acids is 1. The molecule has 1 aromatic heterocycles. The van der Waals surface area contributed by atoms with Crippen LogP contribution in [-0.2, 0) is 36.1 Å². The van der Waals surface area contributed by atoms with Gasteiger partial charge in [-0.25, -0.2) is 4.79 Å². The molecule has 0 fully saturated rings. The number of hydrogen-bond donors (Lipinski definition) is 2. The van der Waals surface area contributed by atoms with Gasteiger partial charge in [-0.15, -0.1) is 0 Å². The fourth-order valence-corrected chi connectivity index (χ4v) is 5.35. The summed E-state index contributed by atoms with van der Waals surface area (Å²) < 4.78 is 33.8. The number of hydrogen-bond acceptors (Lipinski definition) is 8. The second kappa shape index (κ2) is 14.9. The lowest BCUT2D eigenvalue weighted by Gasteiger charge is -2.21. The predicted molar refractivity (Wildman–Crippen MR) is 148 cm³/mol. The van der Waals surface area contributed by atoms with Gasteiger partial charge >= 0.3 is 13.6 Å². The number of aliphatic hydroxyl groups is 1. The predicted octanol–water partition coefficient (Wildman–Crippen LogP) is 4.99. The van der Waals surface area contributed by atoms with Gasteiger partial charge in [0.15, 0.2) is 6.35 Å². The Labute approximate surface area is 223 Å².